The van der Waals surface area contributed by atoms with E-state index in [4.69, 9.17) is 4.42 Å². The minimum Gasteiger partial charge on any atom is -0.448 e. The number of benzene rings is 1. The molecule has 1 aromatic carbocycles. The molecule has 6 nitrogen and oxygen atoms in total. The lowest BCUT2D eigenvalue weighted by Gasteiger charge is -2.14. The molecule has 3 rings (SSSR count). The molecule has 0 bridgehead atoms. The monoisotopic (exact) mass is 341 g/mol. The van der Waals surface area contributed by atoms with Crippen molar-refractivity contribution in [2.24, 2.45) is 0 Å². The summed E-state index contributed by atoms with van der Waals surface area (Å²) >= 11 is 0. The Labute approximate surface area is 145 Å². The molecule has 1 amide bonds. The molecule has 0 radical (unpaired) electrons. The third-order valence-corrected chi connectivity index (χ3v) is 4.31. The number of unbranched alkanes of at least 4 members (excludes halogenated alkanes) is 2. The molecule has 2 heterocycles. The first-order chi connectivity index (χ1) is 12.1. The predicted molar refractivity (Wildman–Crippen MR) is 97.5 cm³/mol. The number of hydrogen-bond donors (Lipinski definition) is 1. The van der Waals surface area contributed by atoms with Crippen LogP contribution in [0.25, 0.3) is 22.1 Å². The van der Waals surface area contributed by atoms with Gasteiger partial charge in [-0.3, -0.25) is 14.2 Å². The highest BCUT2D eigenvalue weighted by atomic mass is 16.3. The zero-order valence-electron chi connectivity index (χ0n) is 14.6. The molecule has 0 fully saturated rings. The Hall–Kier alpha value is -2.63. The third-order valence-electron chi connectivity index (χ3n) is 4.31. The molecule has 0 saturated heterocycles. The Kier molecular flexibility index (Phi) is 5.16. The van der Waals surface area contributed by atoms with E-state index in [9.17, 15) is 9.59 Å². The fourth-order valence-corrected chi connectivity index (χ4v) is 2.98. The quantitative estimate of drug-likeness (QED) is 0.669. The normalized spacial score (nSPS) is 12.6. The van der Waals surface area contributed by atoms with E-state index >= 15 is 0 Å². The molecule has 1 atom stereocenters. The number of rotatable bonds is 7. The number of fused-ring (bicyclic) bond motifs is 3. The minimum absolute atomic E-state index is 0.0586. The number of carbonyl (C=O) groups excluding carboxylic acids is 1. The van der Waals surface area contributed by atoms with Crippen LogP contribution in [0.15, 0.2) is 39.8 Å². The van der Waals surface area contributed by atoms with Gasteiger partial charge in [0, 0.05) is 11.4 Å². The van der Waals surface area contributed by atoms with E-state index in [0.29, 0.717) is 11.1 Å². The number of nitrogens with one attached hydrogen (secondary N) is 1. The standard InChI is InChI=1S/C19H23N3O3/c1-3-4-5-8-13(2)21-16(23)11-22-12-20-17-14-9-6-7-10-15(14)25-18(17)19(22)24/h6-7,9-10,12-13H,3-5,8,11H2,1-2H3,(H,21,23). The van der Waals surface area contributed by atoms with Crippen LogP contribution in [-0.2, 0) is 11.3 Å². The van der Waals surface area contributed by atoms with Gasteiger partial charge < -0.3 is 9.73 Å². The van der Waals surface area contributed by atoms with Gasteiger partial charge in [-0.25, -0.2) is 4.98 Å². The maximum absolute atomic E-state index is 12.6. The first-order valence-corrected chi connectivity index (χ1v) is 8.76. The summed E-state index contributed by atoms with van der Waals surface area (Å²) in [5.74, 6) is -0.191. The van der Waals surface area contributed by atoms with Gasteiger partial charge in [0.15, 0.2) is 0 Å². The van der Waals surface area contributed by atoms with Crippen LogP contribution in [-0.4, -0.2) is 21.5 Å². The molecule has 0 aliphatic carbocycles. The average molecular weight is 341 g/mol. The Morgan fingerprint density at radius 3 is 2.92 bits per heavy atom. The fourth-order valence-electron chi connectivity index (χ4n) is 2.98. The summed E-state index contributed by atoms with van der Waals surface area (Å²) in [6.45, 7) is 4.07. The van der Waals surface area contributed by atoms with E-state index in [1.54, 1.807) is 6.07 Å². The fraction of sp³-hybridized carbons (Fsp3) is 0.421. The van der Waals surface area contributed by atoms with Gasteiger partial charge in [0.25, 0.3) is 5.56 Å². The Balaban J connectivity index is 1.75. The Morgan fingerprint density at radius 2 is 2.12 bits per heavy atom. The van der Waals surface area contributed by atoms with Crippen molar-refractivity contribution in [3.63, 3.8) is 0 Å². The molecule has 0 saturated carbocycles. The second-order valence-electron chi connectivity index (χ2n) is 6.42. The molecule has 2 aromatic heterocycles. The molecule has 0 spiro atoms. The van der Waals surface area contributed by atoms with Crippen LogP contribution < -0.4 is 10.9 Å². The molecule has 0 aliphatic heterocycles. The first kappa shape index (κ1) is 17.2. The highest BCUT2D eigenvalue weighted by Crippen LogP contribution is 2.23. The largest absolute Gasteiger partial charge is 0.448 e. The summed E-state index contributed by atoms with van der Waals surface area (Å²) in [5.41, 5.74) is 1.00. The molecular weight excluding hydrogens is 318 g/mol. The van der Waals surface area contributed by atoms with Crippen LogP contribution in [0.1, 0.15) is 39.5 Å². The number of amides is 1. The predicted octanol–water partition coefficient (Wildman–Crippen LogP) is 3.23. The van der Waals surface area contributed by atoms with Crippen molar-refractivity contribution in [2.75, 3.05) is 0 Å². The summed E-state index contributed by atoms with van der Waals surface area (Å²) in [5, 5.41) is 3.73. The van der Waals surface area contributed by atoms with E-state index in [-0.39, 0.29) is 29.6 Å². The smallest absolute Gasteiger partial charge is 0.297 e. The minimum atomic E-state index is -0.338. The highest BCUT2D eigenvalue weighted by molar-refractivity contribution is 6.01. The number of aromatic nitrogens is 2. The number of furan rings is 1. The molecule has 132 valence electrons. The Bertz CT molecular complexity index is 942. The molecular formula is C19H23N3O3. The lowest BCUT2D eigenvalue weighted by molar-refractivity contribution is -0.122. The van der Waals surface area contributed by atoms with Crippen LogP contribution in [0.5, 0.6) is 0 Å². The van der Waals surface area contributed by atoms with E-state index in [1.807, 2.05) is 25.1 Å². The molecule has 1 unspecified atom stereocenters. The molecule has 25 heavy (non-hydrogen) atoms. The van der Waals surface area contributed by atoms with E-state index in [2.05, 4.69) is 17.2 Å². The van der Waals surface area contributed by atoms with E-state index in [1.165, 1.54) is 10.9 Å². The maximum atomic E-state index is 12.6. The number of nitrogens with zero attached hydrogens (tertiary/aromatic N) is 2. The van der Waals surface area contributed by atoms with E-state index < -0.39 is 0 Å². The second kappa shape index (κ2) is 7.51. The second-order valence-corrected chi connectivity index (χ2v) is 6.42. The van der Waals surface area contributed by atoms with Crippen LogP contribution in [0, 0.1) is 0 Å². The molecule has 6 heteroatoms. The molecule has 0 aliphatic rings. The maximum Gasteiger partial charge on any atom is 0.297 e. The van der Waals surface area contributed by atoms with E-state index in [0.717, 1.165) is 31.1 Å². The van der Waals surface area contributed by atoms with Crippen molar-refractivity contribution < 1.29 is 9.21 Å². The third kappa shape index (κ3) is 3.73. The topological polar surface area (TPSA) is 77.1 Å². The van der Waals surface area contributed by atoms with Crippen LogP contribution in [0.2, 0.25) is 0 Å². The first-order valence-electron chi connectivity index (χ1n) is 8.76. The van der Waals surface area contributed by atoms with Crippen molar-refractivity contribution in [2.45, 2.75) is 52.1 Å². The zero-order valence-corrected chi connectivity index (χ0v) is 14.6. The highest BCUT2D eigenvalue weighted by Gasteiger charge is 2.15. The summed E-state index contributed by atoms with van der Waals surface area (Å²) in [6, 6.07) is 7.47. The van der Waals surface area contributed by atoms with Gasteiger partial charge >= 0.3 is 0 Å². The molecule has 3 aromatic rings. The Morgan fingerprint density at radius 1 is 1.32 bits per heavy atom. The van der Waals surface area contributed by atoms with Crippen molar-refractivity contribution in [1.29, 1.82) is 0 Å². The van der Waals surface area contributed by atoms with Crippen molar-refractivity contribution in [1.82, 2.24) is 14.9 Å². The lowest BCUT2D eigenvalue weighted by Crippen LogP contribution is -2.37. The summed E-state index contributed by atoms with van der Waals surface area (Å²) in [6.07, 6.45) is 5.75. The number of para-hydroxylation sites is 1. The van der Waals surface area contributed by atoms with Crippen molar-refractivity contribution >= 4 is 28.0 Å². The lowest BCUT2D eigenvalue weighted by atomic mass is 10.1. The van der Waals surface area contributed by atoms with Gasteiger partial charge in [-0.1, -0.05) is 38.3 Å². The van der Waals surface area contributed by atoms with Gasteiger partial charge in [0.05, 0.1) is 6.33 Å². The zero-order chi connectivity index (χ0) is 17.8. The van der Waals surface area contributed by atoms with Crippen LogP contribution in [0.4, 0.5) is 0 Å². The number of carbonyl (C=O) groups is 1. The number of hydrogen-bond acceptors (Lipinski definition) is 4. The van der Waals surface area contributed by atoms with Gasteiger partial charge in [-0.05, 0) is 25.5 Å². The van der Waals surface area contributed by atoms with Crippen molar-refractivity contribution in [3.05, 3.63) is 40.9 Å². The molecule has 1 N–H and O–H groups in total. The van der Waals surface area contributed by atoms with Crippen molar-refractivity contribution in [3.8, 4) is 0 Å². The average Bonchev–Trinajstić information content (AvgIpc) is 2.97. The van der Waals surface area contributed by atoms with Gasteiger partial charge in [-0.2, -0.15) is 0 Å². The summed E-state index contributed by atoms with van der Waals surface area (Å²) in [7, 11) is 0. The SMILES string of the molecule is CCCCCC(C)NC(=O)Cn1cnc2c(oc3ccccc32)c1=O. The van der Waals surface area contributed by atoms with Crippen LogP contribution >= 0.6 is 0 Å². The summed E-state index contributed by atoms with van der Waals surface area (Å²) < 4.78 is 6.91. The summed E-state index contributed by atoms with van der Waals surface area (Å²) in [4.78, 5) is 29.1. The van der Waals surface area contributed by atoms with Crippen LogP contribution in [0.3, 0.4) is 0 Å². The van der Waals surface area contributed by atoms with Gasteiger partial charge in [0.1, 0.15) is 17.6 Å². The van der Waals surface area contributed by atoms with Gasteiger partial charge in [0.2, 0.25) is 11.5 Å². The van der Waals surface area contributed by atoms with Gasteiger partial charge in [-0.15, -0.1) is 0 Å².